The van der Waals surface area contributed by atoms with Crippen molar-refractivity contribution in [2.24, 2.45) is 0 Å². The molecule has 5 aromatic rings. The highest BCUT2D eigenvalue weighted by atomic mass is 16.2. The summed E-state index contributed by atoms with van der Waals surface area (Å²) in [5, 5.41) is 2.20. The van der Waals surface area contributed by atoms with Gasteiger partial charge in [-0.15, -0.1) is 0 Å². The predicted molar refractivity (Wildman–Crippen MR) is 91.8 cm³/mol. The van der Waals surface area contributed by atoms with E-state index in [1.165, 1.54) is 6.07 Å². The molecule has 0 saturated carbocycles. The summed E-state index contributed by atoms with van der Waals surface area (Å²) >= 11 is 0. The molecule has 0 N–H and O–H groups in total. The van der Waals surface area contributed by atoms with Gasteiger partial charge in [0.05, 0.1) is 22.1 Å². The van der Waals surface area contributed by atoms with E-state index in [2.05, 4.69) is 24.3 Å². The average molecular weight is 300 g/mol. The van der Waals surface area contributed by atoms with Crippen LogP contribution in [-0.4, -0.2) is 8.80 Å². The fourth-order valence-electron chi connectivity index (χ4n) is 3.62. The maximum absolute atomic E-state index is 12.2. The molecule has 0 radical (unpaired) electrons. The summed E-state index contributed by atoms with van der Waals surface area (Å²) in [6.07, 6.45) is 3.90. The molecular formula is C19H12N2O2. The first-order chi connectivity index (χ1) is 11.2. The normalized spacial score (nSPS) is 12.0. The molecule has 0 bridgehead atoms. The van der Waals surface area contributed by atoms with Crippen LogP contribution in [0.4, 0.5) is 0 Å². The monoisotopic (exact) mass is 300 g/mol. The molecule has 4 nitrogen and oxygen atoms in total. The van der Waals surface area contributed by atoms with E-state index < -0.39 is 10.9 Å². The van der Waals surface area contributed by atoms with E-state index in [-0.39, 0.29) is 0 Å². The zero-order valence-corrected chi connectivity index (χ0v) is 12.4. The number of aryl methyl sites for hydroxylation is 1. The lowest BCUT2D eigenvalue weighted by atomic mass is 10.1. The summed E-state index contributed by atoms with van der Waals surface area (Å²) < 4.78 is 4.05. The maximum atomic E-state index is 12.2. The smallest absolute Gasteiger partial charge is 0.230 e. The lowest BCUT2D eigenvalue weighted by Gasteiger charge is -2.17. The van der Waals surface area contributed by atoms with Gasteiger partial charge in [0.2, 0.25) is 10.9 Å². The molecule has 0 atom stereocenters. The first-order valence-electron chi connectivity index (χ1n) is 7.47. The van der Waals surface area contributed by atoms with Crippen molar-refractivity contribution in [3.05, 3.63) is 80.9 Å². The molecule has 0 unspecified atom stereocenters. The summed E-state index contributed by atoms with van der Waals surface area (Å²) in [6.45, 7) is 1.73. The topological polar surface area (TPSA) is 43.0 Å². The second-order valence-corrected chi connectivity index (χ2v) is 5.89. The van der Waals surface area contributed by atoms with Crippen molar-refractivity contribution in [2.45, 2.75) is 6.92 Å². The quantitative estimate of drug-likeness (QED) is 0.251. The van der Waals surface area contributed by atoms with E-state index in [1.807, 2.05) is 33.3 Å². The summed E-state index contributed by atoms with van der Waals surface area (Å²) in [7, 11) is 0. The number of pyridine rings is 2. The molecule has 2 aromatic carbocycles. The Balaban J connectivity index is 2.34. The van der Waals surface area contributed by atoms with E-state index in [0.717, 1.165) is 32.8 Å². The molecule has 3 heterocycles. The second-order valence-electron chi connectivity index (χ2n) is 5.89. The van der Waals surface area contributed by atoms with Gasteiger partial charge < -0.3 is 8.80 Å². The highest BCUT2D eigenvalue weighted by Crippen LogP contribution is 2.30. The third-order valence-corrected chi connectivity index (χ3v) is 4.65. The first-order valence-corrected chi connectivity index (χ1v) is 7.47. The Bertz CT molecular complexity index is 1360. The van der Waals surface area contributed by atoms with Gasteiger partial charge in [-0.25, -0.2) is 0 Å². The van der Waals surface area contributed by atoms with Crippen molar-refractivity contribution in [2.75, 3.05) is 0 Å². The first kappa shape index (κ1) is 12.4. The molecule has 23 heavy (non-hydrogen) atoms. The Labute approximate surface area is 130 Å². The second kappa shape index (κ2) is 3.98. The van der Waals surface area contributed by atoms with Crippen molar-refractivity contribution in [1.29, 1.82) is 0 Å². The van der Waals surface area contributed by atoms with Crippen molar-refractivity contribution >= 4 is 32.8 Å². The molecule has 110 valence electrons. The number of benzene rings is 2. The minimum absolute atomic E-state index is 0.430. The summed E-state index contributed by atoms with van der Waals surface area (Å²) in [5.74, 6) is 0. The predicted octanol–water partition coefficient (Wildman–Crippen LogP) is 2.97. The number of hydrogen-bond donors (Lipinski definition) is 0. The van der Waals surface area contributed by atoms with Crippen LogP contribution in [0.1, 0.15) is 5.56 Å². The van der Waals surface area contributed by atoms with Gasteiger partial charge in [-0.2, -0.15) is 0 Å². The van der Waals surface area contributed by atoms with Crippen LogP contribution < -0.4 is 10.9 Å². The van der Waals surface area contributed by atoms with Crippen LogP contribution in [0.25, 0.3) is 32.8 Å². The molecule has 0 saturated heterocycles. The van der Waals surface area contributed by atoms with Crippen LogP contribution in [0.3, 0.4) is 0 Å². The highest BCUT2D eigenvalue weighted by molar-refractivity contribution is 6.07. The van der Waals surface area contributed by atoms with E-state index >= 15 is 0 Å². The third-order valence-electron chi connectivity index (χ3n) is 4.65. The highest BCUT2D eigenvalue weighted by Gasteiger charge is 2.15. The SMILES string of the molecule is Cc1c(=O)c(=O)cc2c1n1cccc3ccc4cccn2c4c31. The number of fused-ring (bicyclic) bond motifs is 3. The van der Waals surface area contributed by atoms with Crippen molar-refractivity contribution < 1.29 is 0 Å². The van der Waals surface area contributed by atoms with E-state index in [0.29, 0.717) is 5.56 Å². The van der Waals surface area contributed by atoms with Crippen LogP contribution in [-0.2, 0) is 0 Å². The summed E-state index contributed by atoms with van der Waals surface area (Å²) in [5.41, 5.74) is 3.25. The van der Waals surface area contributed by atoms with Gasteiger partial charge in [-0.05, 0) is 19.1 Å². The Morgan fingerprint density at radius 2 is 1.39 bits per heavy atom. The zero-order chi connectivity index (χ0) is 15.7. The van der Waals surface area contributed by atoms with Gasteiger partial charge in [0, 0.05) is 34.8 Å². The van der Waals surface area contributed by atoms with Gasteiger partial charge in [-0.1, -0.05) is 24.3 Å². The molecule has 0 amide bonds. The fourth-order valence-corrected chi connectivity index (χ4v) is 3.62. The molecule has 0 aliphatic carbocycles. The standard InChI is InChI=1S/C19H12N2O2/c1-11-16-14(10-15(22)19(11)23)20-8-2-4-12-6-7-13-5-3-9-21(16)18(13)17(12)20/h2-10H,1H3. The molecule has 0 aliphatic rings. The summed E-state index contributed by atoms with van der Waals surface area (Å²) in [6, 6.07) is 13.7. The van der Waals surface area contributed by atoms with Gasteiger partial charge in [0.1, 0.15) is 0 Å². The fraction of sp³-hybridized carbons (Fsp3) is 0.0526. The molecule has 4 heteroatoms. The molecule has 3 aromatic heterocycles. The van der Waals surface area contributed by atoms with E-state index in [9.17, 15) is 9.59 Å². The number of aromatic nitrogens is 2. The largest absolute Gasteiger partial charge is 0.312 e. The number of hydrogen-bond acceptors (Lipinski definition) is 2. The lowest BCUT2D eigenvalue weighted by Crippen LogP contribution is -2.26. The molecular weight excluding hydrogens is 288 g/mol. The minimum Gasteiger partial charge on any atom is -0.312 e. The Hall–Kier alpha value is -3.14. The van der Waals surface area contributed by atoms with Crippen LogP contribution in [0, 0.1) is 6.92 Å². The van der Waals surface area contributed by atoms with Crippen LogP contribution in [0.5, 0.6) is 0 Å². The van der Waals surface area contributed by atoms with Crippen LogP contribution >= 0.6 is 0 Å². The average Bonchev–Trinajstić information content (AvgIpc) is 2.58. The Kier molecular flexibility index (Phi) is 2.15. The summed E-state index contributed by atoms with van der Waals surface area (Å²) in [4.78, 5) is 24.2. The maximum Gasteiger partial charge on any atom is 0.230 e. The Morgan fingerprint density at radius 3 is 2.09 bits per heavy atom. The molecule has 0 fully saturated rings. The van der Waals surface area contributed by atoms with Crippen LogP contribution in [0.15, 0.2) is 64.4 Å². The van der Waals surface area contributed by atoms with Crippen LogP contribution in [0.2, 0.25) is 0 Å². The van der Waals surface area contributed by atoms with Gasteiger partial charge >= 0.3 is 0 Å². The number of rotatable bonds is 0. The van der Waals surface area contributed by atoms with Crippen molar-refractivity contribution in [3.63, 3.8) is 0 Å². The Morgan fingerprint density at radius 1 is 0.783 bits per heavy atom. The molecule has 0 spiro atoms. The number of nitrogens with zero attached hydrogens (tertiary/aromatic N) is 2. The molecule has 5 rings (SSSR count). The lowest BCUT2D eigenvalue weighted by molar-refractivity contribution is 1.14. The minimum atomic E-state index is -0.460. The van der Waals surface area contributed by atoms with Crippen molar-refractivity contribution in [3.8, 4) is 0 Å². The van der Waals surface area contributed by atoms with E-state index in [1.54, 1.807) is 6.92 Å². The van der Waals surface area contributed by atoms with Gasteiger partial charge in [0.25, 0.3) is 0 Å². The third kappa shape index (κ3) is 1.40. The van der Waals surface area contributed by atoms with Gasteiger partial charge in [-0.3, -0.25) is 9.59 Å². The molecule has 0 aliphatic heterocycles. The van der Waals surface area contributed by atoms with Gasteiger partial charge in [0.15, 0.2) is 0 Å². The van der Waals surface area contributed by atoms with Crippen molar-refractivity contribution in [1.82, 2.24) is 8.80 Å². The zero-order valence-electron chi connectivity index (χ0n) is 12.4. The van der Waals surface area contributed by atoms with E-state index in [4.69, 9.17) is 0 Å².